The topological polar surface area (TPSA) is 48.2 Å². The predicted molar refractivity (Wildman–Crippen MR) is 121 cm³/mol. The van der Waals surface area contributed by atoms with Crippen LogP contribution < -0.4 is 0 Å². The second kappa shape index (κ2) is 8.82. The second-order valence-electron chi connectivity index (χ2n) is 9.50. The molecule has 0 aliphatic rings. The zero-order valence-electron chi connectivity index (χ0n) is 19.2. The number of halogens is 3. The highest BCUT2D eigenvalue weighted by Crippen LogP contribution is 2.41. The van der Waals surface area contributed by atoms with Gasteiger partial charge in [-0.25, -0.2) is 0 Å². The number of alkyl halides is 3. The molecule has 0 saturated heterocycles. The molecule has 0 aliphatic carbocycles. The van der Waals surface area contributed by atoms with Crippen molar-refractivity contribution in [1.82, 2.24) is 10.1 Å². The summed E-state index contributed by atoms with van der Waals surface area (Å²) in [5.74, 6) is 1.05. The van der Waals surface area contributed by atoms with Crippen molar-refractivity contribution in [2.45, 2.75) is 64.5 Å². The Bertz CT molecular complexity index is 1050. The molecule has 0 aliphatic heterocycles. The van der Waals surface area contributed by atoms with Crippen molar-refractivity contribution in [2.75, 3.05) is 0 Å². The average molecular weight is 463 g/mol. The van der Waals surface area contributed by atoms with Crippen LogP contribution in [0.2, 0.25) is 18.1 Å². The third-order valence-corrected chi connectivity index (χ3v) is 10.5. The smallest absolute Gasteiger partial charge is 0.409 e. The first kappa shape index (κ1) is 24.2. The van der Waals surface area contributed by atoms with Crippen LogP contribution in [0.25, 0.3) is 11.1 Å². The molecule has 0 bridgehead atoms. The predicted octanol–water partition coefficient (Wildman–Crippen LogP) is 7.37. The molecule has 4 nitrogen and oxygen atoms in total. The van der Waals surface area contributed by atoms with Crippen molar-refractivity contribution in [1.29, 1.82) is 0 Å². The van der Waals surface area contributed by atoms with Crippen LogP contribution in [-0.4, -0.2) is 18.5 Å². The summed E-state index contributed by atoms with van der Waals surface area (Å²) in [5, 5.41) is 4.03. The monoisotopic (exact) mass is 462 g/mol. The van der Waals surface area contributed by atoms with Crippen LogP contribution in [0, 0.1) is 6.92 Å². The van der Waals surface area contributed by atoms with E-state index in [1.165, 1.54) is 12.1 Å². The highest BCUT2D eigenvalue weighted by atomic mass is 28.4. The van der Waals surface area contributed by atoms with E-state index in [1.54, 1.807) is 6.92 Å². The van der Waals surface area contributed by atoms with Gasteiger partial charge in [-0.2, -0.15) is 18.2 Å². The van der Waals surface area contributed by atoms with Crippen LogP contribution in [0.15, 0.2) is 53.1 Å². The standard InChI is InChI=1S/C24H29F3N2O2Si/c1-16-28-22(29-30-16)15-21(31-32(5,6)23(2,3)4)19-9-7-8-18(14-19)17-10-12-20(13-11-17)24(25,26)27/h7-14,21H,15H2,1-6H3. The maximum atomic E-state index is 12.9. The van der Waals surface area contributed by atoms with Gasteiger partial charge in [0.1, 0.15) is 0 Å². The molecule has 32 heavy (non-hydrogen) atoms. The van der Waals surface area contributed by atoms with Gasteiger partial charge in [0.2, 0.25) is 5.89 Å². The maximum Gasteiger partial charge on any atom is 0.416 e. The summed E-state index contributed by atoms with van der Waals surface area (Å²) in [6, 6.07) is 12.9. The molecule has 0 saturated carbocycles. The van der Waals surface area contributed by atoms with Gasteiger partial charge in [-0.3, -0.25) is 0 Å². The average Bonchev–Trinajstić information content (AvgIpc) is 3.11. The first-order valence-corrected chi connectivity index (χ1v) is 13.4. The van der Waals surface area contributed by atoms with Crippen molar-refractivity contribution in [3.63, 3.8) is 0 Å². The highest BCUT2D eigenvalue weighted by Gasteiger charge is 2.40. The van der Waals surface area contributed by atoms with Crippen LogP contribution >= 0.6 is 0 Å². The molecule has 2 aromatic carbocycles. The largest absolute Gasteiger partial charge is 0.416 e. The van der Waals surface area contributed by atoms with Gasteiger partial charge >= 0.3 is 6.18 Å². The molecule has 1 heterocycles. The van der Waals surface area contributed by atoms with Crippen molar-refractivity contribution < 1.29 is 22.1 Å². The van der Waals surface area contributed by atoms with Crippen molar-refractivity contribution in [3.8, 4) is 11.1 Å². The molecular weight excluding hydrogens is 433 g/mol. The minimum absolute atomic E-state index is 0.00343. The number of aryl methyl sites for hydroxylation is 1. The fourth-order valence-corrected chi connectivity index (χ4v) is 4.40. The minimum Gasteiger partial charge on any atom is -0.409 e. The van der Waals surface area contributed by atoms with E-state index in [-0.39, 0.29) is 11.1 Å². The van der Waals surface area contributed by atoms with E-state index in [0.29, 0.717) is 23.7 Å². The summed E-state index contributed by atoms with van der Waals surface area (Å²) in [6.07, 6.45) is -4.21. The third kappa shape index (κ3) is 5.66. The Balaban J connectivity index is 1.95. The quantitative estimate of drug-likeness (QED) is 0.359. The van der Waals surface area contributed by atoms with E-state index in [4.69, 9.17) is 8.95 Å². The van der Waals surface area contributed by atoms with Gasteiger partial charge in [0.15, 0.2) is 14.1 Å². The summed E-state index contributed by atoms with van der Waals surface area (Å²) in [5.41, 5.74) is 1.80. The van der Waals surface area contributed by atoms with Crippen molar-refractivity contribution >= 4 is 8.32 Å². The zero-order chi connectivity index (χ0) is 23.7. The van der Waals surface area contributed by atoms with Crippen molar-refractivity contribution in [2.24, 2.45) is 0 Å². The van der Waals surface area contributed by atoms with Gasteiger partial charge < -0.3 is 8.95 Å². The lowest BCUT2D eigenvalue weighted by Gasteiger charge is -2.39. The van der Waals surface area contributed by atoms with E-state index in [9.17, 15) is 13.2 Å². The molecule has 0 radical (unpaired) electrons. The first-order valence-electron chi connectivity index (χ1n) is 10.5. The van der Waals surface area contributed by atoms with Gasteiger partial charge in [-0.1, -0.05) is 56.3 Å². The first-order chi connectivity index (χ1) is 14.8. The molecule has 8 heteroatoms. The molecule has 3 rings (SSSR count). The van der Waals surface area contributed by atoms with Gasteiger partial charge in [-0.05, 0) is 53.0 Å². The summed E-state index contributed by atoms with van der Waals surface area (Å²) in [7, 11) is -2.13. The molecule has 0 N–H and O–H groups in total. The van der Waals surface area contributed by atoms with E-state index in [0.717, 1.165) is 23.3 Å². The maximum absolute atomic E-state index is 12.9. The number of rotatable bonds is 6. The Hall–Kier alpha value is -2.45. The molecule has 1 atom stereocenters. The summed E-state index contributed by atoms with van der Waals surface area (Å²) in [4.78, 5) is 4.33. The molecule has 0 fully saturated rings. The van der Waals surface area contributed by atoms with Crippen molar-refractivity contribution in [3.05, 3.63) is 71.4 Å². The molecular formula is C24H29F3N2O2Si. The summed E-state index contributed by atoms with van der Waals surface area (Å²) < 4.78 is 50.6. The minimum atomic E-state index is -4.36. The third-order valence-electron chi connectivity index (χ3n) is 5.98. The van der Waals surface area contributed by atoms with E-state index in [2.05, 4.69) is 44.0 Å². The van der Waals surface area contributed by atoms with Crippen LogP contribution in [0.3, 0.4) is 0 Å². The second-order valence-corrected chi connectivity index (χ2v) is 14.3. The van der Waals surface area contributed by atoms with Gasteiger partial charge in [-0.15, -0.1) is 0 Å². The SMILES string of the molecule is Cc1nc(CC(O[Si](C)(C)C(C)(C)C)c2cccc(-c3ccc(C(F)(F)F)cc3)c2)no1. The van der Waals surface area contributed by atoms with Crippen LogP contribution in [0.5, 0.6) is 0 Å². The van der Waals surface area contributed by atoms with Crippen LogP contribution in [0.4, 0.5) is 13.2 Å². The van der Waals surface area contributed by atoms with Crippen LogP contribution in [-0.2, 0) is 17.0 Å². The Labute approximate surface area is 187 Å². The van der Waals surface area contributed by atoms with E-state index >= 15 is 0 Å². The molecule has 1 unspecified atom stereocenters. The Morgan fingerprint density at radius 1 is 1.00 bits per heavy atom. The normalized spacial score (nSPS) is 13.9. The number of aromatic nitrogens is 2. The molecule has 0 amide bonds. The molecule has 3 aromatic rings. The Kier molecular flexibility index (Phi) is 6.67. The van der Waals surface area contributed by atoms with E-state index < -0.39 is 20.1 Å². The van der Waals surface area contributed by atoms with E-state index in [1.807, 2.05) is 24.3 Å². The Morgan fingerprint density at radius 2 is 1.66 bits per heavy atom. The fourth-order valence-electron chi connectivity index (χ4n) is 3.12. The lowest BCUT2D eigenvalue weighted by Crippen LogP contribution is -2.42. The molecule has 1 aromatic heterocycles. The number of hydrogen-bond acceptors (Lipinski definition) is 4. The zero-order valence-corrected chi connectivity index (χ0v) is 20.2. The number of nitrogens with zero attached hydrogens (tertiary/aromatic N) is 2. The number of benzene rings is 2. The number of hydrogen-bond donors (Lipinski definition) is 0. The van der Waals surface area contributed by atoms with Gasteiger partial charge in [0.25, 0.3) is 0 Å². The lowest BCUT2D eigenvalue weighted by atomic mass is 9.98. The van der Waals surface area contributed by atoms with Gasteiger partial charge in [0.05, 0.1) is 11.7 Å². The summed E-state index contributed by atoms with van der Waals surface area (Å²) >= 11 is 0. The Morgan fingerprint density at radius 3 is 2.19 bits per heavy atom. The summed E-state index contributed by atoms with van der Waals surface area (Å²) in [6.45, 7) is 12.6. The van der Waals surface area contributed by atoms with Gasteiger partial charge in [0, 0.05) is 13.3 Å². The highest BCUT2D eigenvalue weighted by molar-refractivity contribution is 6.74. The molecule has 0 spiro atoms. The fraction of sp³-hybridized carbons (Fsp3) is 0.417. The lowest BCUT2D eigenvalue weighted by molar-refractivity contribution is -0.137. The van der Waals surface area contributed by atoms with Crippen LogP contribution in [0.1, 0.15) is 49.7 Å². The molecule has 172 valence electrons.